The minimum absolute atomic E-state index is 0.0200. The molecule has 0 saturated carbocycles. The fraction of sp³-hybridized carbons (Fsp3) is 0.438. The quantitative estimate of drug-likeness (QED) is 0.546. The first kappa shape index (κ1) is 19.9. The van der Waals surface area contributed by atoms with Crippen molar-refractivity contribution in [3.63, 3.8) is 0 Å². The maximum Gasteiger partial charge on any atom is 0.243 e. The van der Waals surface area contributed by atoms with Crippen molar-refractivity contribution in [2.24, 2.45) is 5.73 Å². The third-order valence-corrected chi connectivity index (χ3v) is 5.77. The lowest BCUT2D eigenvalue weighted by atomic mass is 10.2. The predicted octanol–water partition coefficient (Wildman–Crippen LogP) is -0.876. The molecule has 0 spiro atoms. The van der Waals surface area contributed by atoms with E-state index in [9.17, 15) is 22.8 Å². The van der Waals surface area contributed by atoms with E-state index in [1.54, 1.807) is 19.1 Å². The summed E-state index contributed by atoms with van der Waals surface area (Å²) in [6, 6.07) is 5.28. The number of anilines is 1. The van der Waals surface area contributed by atoms with Crippen molar-refractivity contribution in [3.8, 4) is 0 Å². The highest BCUT2D eigenvalue weighted by Crippen LogP contribution is 2.29. The highest BCUT2D eigenvalue weighted by atomic mass is 32.2. The SMILES string of the molecule is CCC(NC(=O)CN1C(=O)CCS(=O)(=O)c2ccccc21)C(=O)NCN. The van der Waals surface area contributed by atoms with Crippen LogP contribution in [-0.2, 0) is 24.2 Å². The topological polar surface area (TPSA) is 139 Å². The van der Waals surface area contributed by atoms with E-state index in [0.29, 0.717) is 6.42 Å². The summed E-state index contributed by atoms with van der Waals surface area (Å²) in [5.41, 5.74) is 5.43. The van der Waals surface area contributed by atoms with Gasteiger partial charge in [0.05, 0.1) is 23.0 Å². The van der Waals surface area contributed by atoms with Gasteiger partial charge in [0.15, 0.2) is 9.84 Å². The van der Waals surface area contributed by atoms with Gasteiger partial charge in [0.25, 0.3) is 0 Å². The Bertz CT molecular complexity index is 809. The van der Waals surface area contributed by atoms with Crippen LogP contribution in [0.15, 0.2) is 29.2 Å². The molecule has 0 bridgehead atoms. The van der Waals surface area contributed by atoms with Crippen molar-refractivity contribution in [1.29, 1.82) is 0 Å². The minimum atomic E-state index is -3.60. The molecule has 1 aromatic rings. The molecule has 2 rings (SSSR count). The zero-order valence-electron chi connectivity index (χ0n) is 14.4. The number of carbonyl (C=O) groups excluding carboxylic acids is 3. The number of rotatable bonds is 6. The second kappa shape index (κ2) is 8.28. The Labute approximate surface area is 151 Å². The summed E-state index contributed by atoms with van der Waals surface area (Å²) >= 11 is 0. The van der Waals surface area contributed by atoms with Gasteiger partial charge in [-0.25, -0.2) is 8.42 Å². The van der Waals surface area contributed by atoms with E-state index >= 15 is 0 Å². The van der Waals surface area contributed by atoms with Gasteiger partial charge >= 0.3 is 0 Å². The first-order valence-electron chi connectivity index (χ1n) is 8.19. The van der Waals surface area contributed by atoms with Crippen molar-refractivity contribution in [1.82, 2.24) is 10.6 Å². The molecule has 0 aromatic heterocycles. The lowest BCUT2D eigenvalue weighted by Crippen LogP contribution is -2.50. The van der Waals surface area contributed by atoms with Gasteiger partial charge in [-0.05, 0) is 18.6 Å². The molecule has 1 aliphatic rings. The van der Waals surface area contributed by atoms with Crippen LogP contribution < -0.4 is 21.3 Å². The molecule has 0 radical (unpaired) electrons. The van der Waals surface area contributed by atoms with Crippen LogP contribution in [0.5, 0.6) is 0 Å². The normalized spacial score (nSPS) is 17.0. The molecular weight excluding hydrogens is 360 g/mol. The zero-order chi connectivity index (χ0) is 19.3. The average Bonchev–Trinajstić information content (AvgIpc) is 2.70. The van der Waals surface area contributed by atoms with Crippen molar-refractivity contribution in [2.75, 3.05) is 23.9 Å². The number of nitrogens with two attached hydrogens (primary N) is 1. The number of fused-ring (bicyclic) bond motifs is 1. The zero-order valence-corrected chi connectivity index (χ0v) is 15.2. The largest absolute Gasteiger partial charge is 0.343 e. The van der Waals surface area contributed by atoms with E-state index in [1.165, 1.54) is 12.1 Å². The van der Waals surface area contributed by atoms with Crippen LogP contribution in [-0.4, -0.2) is 51.1 Å². The van der Waals surface area contributed by atoms with Crippen LogP contribution in [0.1, 0.15) is 19.8 Å². The van der Waals surface area contributed by atoms with Gasteiger partial charge in [0, 0.05) is 6.42 Å². The lowest BCUT2D eigenvalue weighted by molar-refractivity contribution is -0.129. The molecule has 3 amide bonds. The predicted molar refractivity (Wildman–Crippen MR) is 94.9 cm³/mol. The molecule has 9 nitrogen and oxygen atoms in total. The van der Waals surface area contributed by atoms with Crippen LogP contribution >= 0.6 is 0 Å². The molecule has 1 aliphatic heterocycles. The van der Waals surface area contributed by atoms with E-state index in [2.05, 4.69) is 10.6 Å². The van der Waals surface area contributed by atoms with Crippen molar-refractivity contribution >= 4 is 33.2 Å². The summed E-state index contributed by atoms with van der Waals surface area (Å²) in [5, 5.41) is 4.96. The van der Waals surface area contributed by atoms with Crippen LogP contribution in [0.25, 0.3) is 0 Å². The molecule has 26 heavy (non-hydrogen) atoms. The second-order valence-corrected chi connectivity index (χ2v) is 7.87. The Morgan fingerprint density at radius 1 is 1.31 bits per heavy atom. The van der Waals surface area contributed by atoms with Crippen LogP contribution in [0.2, 0.25) is 0 Å². The molecule has 142 valence electrons. The summed E-state index contributed by atoms with van der Waals surface area (Å²) in [6.07, 6.45) is 0.131. The number of carbonyl (C=O) groups is 3. The molecule has 4 N–H and O–H groups in total. The van der Waals surface area contributed by atoms with E-state index in [1.807, 2.05) is 0 Å². The molecule has 10 heteroatoms. The molecule has 0 saturated heterocycles. The van der Waals surface area contributed by atoms with Gasteiger partial charge in [0.1, 0.15) is 12.6 Å². The highest BCUT2D eigenvalue weighted by Gasteiger charge is 2.32. The van der Waals surface area contributed by atoms with Gasteiger partial charge in [-0.15, -0.1) is 0 Å². The van der Waals surface area contributed by atoms with Crippen molar-refractivity contribution in [2.45, 2.75) is 30.7 Å². The number of hydrogen-bond acceptors (Lipinski definition) is 6. The fourth-order valence-electron chi connectivity index (χ4n) is 2.68. The number of sulfone groups is 1. The molecule has 0 aliphatic carbocycles. The summed E-state index contributed by atoms with van der Waals surface area (Å²) in [6.45, 7) is 1.29. The number of nitrogens with zero attached hydrogens (tertiary/aromatic N) is 1. The van der Waals surface area contributed by atoms with Crippen LogP contribution in [0, 0.1) is 0 Å². The standard InChI is InChI=1S/C16H22N4O5S/c1-2-11(16(23)18-10-17)19-14(21)9-20-12-5-3-4-6-13(12)26(24,25)8-7-15(20)22/h3-6,11H,2,7-10,17H2,1H3,(H,18,23)(H,19,21). The molecule has 1 heterocycles. The Kier molecular flexibility index (Phi) is 6.32. The van der Waals surface area contributed by atoms with Gasteiger partial charge in [0.2, 0.25) is 17.7 Å². The Morgan fingerprint density at radius 3 is 2.65 bits per heavy atom. The first-order chi connectivity index (χ1) is 12.3. The third-order valence-electron chi connectivity index (χ3n) is 4.01. The highest BCUT2D eigenvalue weighted by molar-refractivity contribution is 7.91. The molecular formula is C16H22N4O5S. The van der Waals surface area contributed by atoms with Gasteiger partial charge in [-0.1, -0.05) is 19.1 Å². The van der Waals surface area contributed by atoms with Crippen LogP contribution in [0.4, 0.5) is 5.69 Å². The van der Waals surface area contributed by atoms with Crippen molar-refractivity contribution < 1.29 is 22.8 Å². The average molecular weight is 382 g/mol. The summed E-state index contributed by atoms with van der Waals surface area (Å²) in [7, 11) is -3.60. The van der Waals surface area contributed by atoms with Gasteiger partial charge < -0.3 is 21.3 Å². The number of nitrogens with one attached hydrogen (secondary N) is 2. The maximum atomic E-state index is 12.4. The smallest absolute Gasteiger partial charge is 0.243 e. The van der Waals surface area contributed by atoms with Gasteiger partial charge in [-0.2, -0.15) is 0 Å². The Morgan fingerprint density at radius 2 is 2.00 bits per heavy atom. The maximum absolute atomic E-state index is 12.4. The van der Waals surface area contributed by atoms with E-state index < -0.39 is 33.6 Å². The van der Waals surface area contributed by atoms with Crippen molar-refractivity contribution in [3.05, 3.63) is 24.3 Å². The minimum Gasteiger partial charge on any atom is -0.343 e. The molecule has 1 unspecified atom stereocenters. The molecule has 0 fully saturated rings. The number of para-hydroxylation sites is 1. The van der Waals surface area contributed by atoms with E-state index in [-0.39, 0.29) is 36.0 Å². The Hall–Kier alpha value is -2.46. The number of amides is 3. The fourth-order valence-corrected chi connectivity index (χ4v) is 4.12. The number of hydrogen-bond donors (Lipinski definition) is 3. The summed E-state index contributed by atoms with van der Waals surface area (Å²) in [4.78, 5) is 37.7. The van der Waals surface area contributed by atoms with E-state index in [4.69, 9.17) is 5.73 Å². The number of benzene rings is 1. The summed E-state index contributed by atoms with van der Waals surface area (Å²) < 4.78 is 24.6. The Balaban J connectivity index is 2.23. The molecule has 1 atom stereocenters. The van der Waals surface area contributed by atoms with Crippen LogP contribution in [0.3, 0.4) is 0 Å². The second-order valence-electron chi connectivity index (χ2n) is 5.79. The molecule has 1 aromatic carbocycles. The lowest BCUT2D eigenvalue weighted by Gasteiger charge is -2.23. The monoisotopic (exact) mass is 382 g/mol. The first-order valence-corrected chi connectivity index (χ1v) is 9.84. The third kappa shape index (κ3) is 4.38. The van der Waals surface area contributed by atoms with E-state index in [0.717, 1.165) is 4.90 Å². The van der Waals surface area contributed by atoms with Gasteiger partial charge in [-0.3, -0.25) is 14.4 Å². The summed E-state index contributed by atoms with van der Waals surface area (Å²) in [5.74, 6) is -1.76.